The fourth-order valence-corrected chi connectivity index (χ4v) is 5.27. The summed E-state index contributed by atoms with van der Waals surface area (Å²) < 4.78 is 4.67. The van der Waals surface area contributed by atoms with Gasteiger partial charge in [-0.05, 0) is 56.1 Å². The van der Waals surface area contributed by atoms with E-state index >= 15 is 0 Å². The number of hydrogen-bond donors (Lipinski definition) is 2. The van der Waals surface area contributed by atoms with Gasteiger partial charge in [0.2, 0.25) is 0 Å². The van der Waals surface area contributed by atoms with Gasteiger partial charge in [-0.1, -0.05) is 32.6 Å². The van der Waals surface area contributed by atoms with Crippen LogP contribution in [0.4, 0.5) is 4.79 Å². The van der Waals surface area contributed by atoms with Crippen LogP contribution in [0.3, 0.4) is 0 Å². The third kappa shape index (κ3) is 6.46. The predicted octanol–water partition coefficient (Wildman–Crippen LogP) is 5.70. The van der Waals surface area contributed by atoms with Gasteiger partial charge in [0, 0.05) is 10.3 Å². The Bertz CT molecular complexity index is 533. The summed E-state index contributed by atoms with van der Waals surface area (Å²) in [6.45, 7) is 2.21. The average molecular weight is 389 g/mol. The molecular formula is C19H29ClO4S. The van der Waals surface area contributed by atoms with Gasteiger partial charge < -0.3 is 14.9 Å². The van der Waals surface area contributed by atoms with Crippen LogP contribution in [0.25, 0.3) is 0 Å². The molecule has 0 bridgehead atoms. The molecule has 1 saturated carbocycles. The summed E-state index contributed by atoms with van der Waals surface area (Å²) in [4.78, 5) is 11.7. The Kier molecular flexibility index (Phi) is 8.53. The lowest BCUT2D eigenvalue weighted by molar-refractivity contribution is 0.107. The van der Waals surface area contributed by atoms with E-state index in [4.69, 9.17) is 16.7 Å². The van der Waals surface area contributed by atoms with Crippen LogP contribution in [-0.2, 0) is 6.42 Å². The van der Waals surface area contributed by atoms with Crippen LogP contribution in [0.1, 0.15) is 63.2 Å². The second-order valence-corrected chi connectivity index (χ2v) is 8.67. The standard InChI is InChI=1S/C19H29ClO4S/c1-2-3-4-5-8-15-14(16(20)12-17(15)21)9-6-7-13-10-11-18(25-13)24-19(22)23/h10-11,14-17,21H,2-9,12H2,1H3,(H,22,23)/t14-,15-,16-,17-/m1/s1. The zero-order valence-corrected chi connectivity index (χ0v) is 16.4. The largest absolute Gasteiger partial charge is 0.512 e. The summed E-state index contributed by atoms with van der Waals surface area (Å²) in [7, 11) is 0. The monoisotopic (exact) mass is 388 g/mol. The van der Waals surface area contributed by atoms with E-state index in [0.717, 1.165) is 30.6 Å². The molecule has 0 radical (unpaired) electrons. The second-order valence-electron chi connectivity index (χ2n) is 6.98. The molecule has 142 valence electrons. The SMILES string of the molecule is CCCCCC[C@@H]1[C@@H](CCCc2ccc(OC(=O)O)s2)[C@H](Cl)C[C@H]1O. The van der Waals surface area contributed by atoms with Crippen LogP contribution in [0.5, 0.6) is 5.06 Å². The summed E-state index contributed by atoms with van der Waals surface area (Å²) in [6.07, 6.45) is 8.06. The number of aliphatic hydroxyl groups is 1. The first-order valence-corrected chi connectivity index (χ1v) is 10.6. The highest BCUT2D eigenvalue weighted by Gasteiger charge is 2.40. The molecule has 0 unspecified atom stereocenters. The van der Waals surface area contributed by atoms with E-state index in [1.165, 1.54) is 37.0 Å². The first-order valence-electron chi connectivity index (χ1n) is 9.32. The Balaban J connectivity index is 1.78. The number of unbranched alkanes of at least 4 members (excludes halogenated alkanes) is 3. The summed E-state index contributed by atoms with van der Waals surface area (Å²) in [6, 6.07) is 3.63. The minimum atomic E-state index is -1.27. The zero-order valence-electron chi connectivity index (χ0n) is 14.8. The van der Waals surface area contributed by atoms with Crippen LogP contribution in [0.15, 0.2) is 12.1 Å². The van der Waals surface area contributed by atoms with Gasteiger partial charge in [-0.3, -0.25) is 0 Å². The topological polar surface area (TPSA) is 66.8 Å². The summed E-state index contributed by atoms with van der Waals surface area (Å²) in [5, 5.41) is 19.5. The number of thiophene rings is 1. The van der Waals surface area contributed by atoms with Crippen LogP contribution < -0.4 is 4.74 Å². The van der Waals surface area contributed by atoms with Gasteiger partial charge in [0.1, 0.15) is 0 Å². The molecule has 1 aliphatic carbocycles. The van der Waals surface area contributed by atoms with Crippen molar-refractivity contribution >= 4 is 29.1 Å². The van der Waals surface area contributed by atoms with E-state index < -0.39 is 6.16 Å². The number of ether oxygens (including phenoxy) is 1. The Labute approximate surface area is 159 Å². The van der Waals surface area contributed by atoms with Gasteiger partial charge in [-0.2, -0.15) is 0 Å². The number of aliphatic hydroxyl groups excluding tert-OH is 1. The number of hydrogen-bond acceptors (Lipinski definition) is 4. The molecule has 0 aliphatic heterocycles. The maximum atomic E-state index is 10.5. The minimum absolute atomic E-state index is 0.0698. The fraction of sp³-hybridized carbons (Fsp3) is 0.737. The Morgan fingerprint density at radius 3 is 2.72 bits per heavy atom. The van der Waals surface area contributed by atoms with Crippen molar-refractivity contribution in [2.45, 2.75) is 76.2 Å². The van der Waals surface area contributed by atoms with Gasteiger partial charge >= 0.3 is 6.16 Å². The summed E-state index contributed by atoms with van der Waals surface area (Å²) >= 11 is 7.89. The van der Waals surface area contributed by atoms with E-state index in [0.29, 0.717) is 23.3 Å². The second kappa shape index (κ2) is 10.4. The van der Waals surface area contributed by atoms with Gasteiger partial charge in [-0.25, -0.2) is 4.79 Å². The highest BCUT2D eigenvalue weighted by atomic mass is 35.5. The highest BCUT2D eigenvalue weighted by Crippen LogP contribution is 2.42. The van der Waals surface area contributed by atoms with Gasteiger partial charge in [0.05, 0.1) is 6.10 Å². The van der Waals surface area contributed by atoms with Crippen LogP contribution >= 0.6 is 22.9 Å². The van der Waals surface area contributed by atoms with Gasteiger partial charge in [-0.15, -0.1) is 22.9 Å². The van der Waals surface area contributed by atoms with E-state index in [2.05, 4.69) is 11.7 Å². The quantitative estimate of drug-likeness (QED) is 0.306. The molecule has 1 heterocycles. The molecule has 1 fully saturated rings. The molecular weight excluding hydrogens is 360 g/mol. The lowest BCUT2D eigenvalue weighted by Crippen LogP contribution is -2.21. The third-order valence-corrected chi connectivity index (χ3v) is 6.68. The number of rotatable bonds is 10. The average Bonchev–Trinajstić information content (AvgIpc) is 3.09. The van der Waals surface area contributed by atoms with Crippen LogP contribution in [0.2, 0.25) is 0 Å². The summed E-state index contributed by atoms with van der Waals surface area (Å²) in [5.41, 5.74) is 0. The van der Waals surface area contributed by atoms with Crippen molar-refractivity contribution in [1.82, 2.24) is 0 Å². The molecule has 1 aromatic heterocycles. The minimum Gasteiger partial charge on any atom is -0.449 e. The molecule has 1 aromatic rings. The third-order valence-electron chi connectivity index (χ3n) is 5.15. The Morgan fingerprint density at radius 2 is 2.00 bits per heavy atom. The number of aryl methyl sites for hydroxylation is 1. The molecule has 1 aliphatic rings. The molecule has 0 saturated heterocycles. The maximum Gasteiger partial charge on any atom is 0.512 e. The molecule has 0 spiro atoms. The summed E-state index contributed by atoms with van der Waals surface area (Å²) in [5.74, 6) is 0.710. The van der Waals surface area contributed by atoms with E-state index in [-0.39, 0.29) is 11.5 Å². The zero-order chi connectivity index (χ0) is 18.2. The van der Waals surface area contributed by atoms with Crippen molar-refractivity contribution in [2.75, 3.05) is 0 Å². The molecule has 0 amide bonds. The van der Waals surface area contributed by atoms with Crippen molar-refractivity contribution in [3.05, 3.63) is 17.0 Å². The van der Waals surface area contributed by atoms with Crippen molar-refractivity contribution in [2.24, 2.45) is 11.8 Å². The fourth-order valence-electron chi connectivity index (χ4n) is 3.89. The molecule has 25 heavy (non-hydrogen) atoms. The lowest BCUT2D eigenvalue weighted by atomic mass is 9.86. The number of alkyl halides is 1. The molecule has 2 rings (SSSR count). The van der Waals surface area contributed by atoms with Gasteiger partial charge in [0.25, 0.3) is 0 Å². The van der Waals surface area contributed by atoms with Crippen molar-refractivity contribution in [1.29, 1.82) is 0 Å². The van der Waals surface area contributed by atoms with E-state index in [9.17, 15) is 9.90 Å². The van der Waals surface area contributed by atoms with Gasteiger partial charge in [0.15, 0.2) is 5.06 Å². The number of carbonyl (C=O) groups is 1. The van der Waals surface area contributed by atoms with Crippen LogP contribution in [0, 0.1) is 11.8 Å². The molecule has 0 aromatic carbocycles. The lowest BCUT2D eigenvalue weighted by Gasteiger charge is -2.23. The molecule has 4 atom stereocenters. The van der Waals surface area contributed by atoms with E-state index in [1.807, 2.05) is 6.07 Å². The Morgan fingerprint density at radius 1 is 1.24 bits per heavy atom. The molecule has 2 N–H and O–H groups in total. The number of halogens is 1. The smallest absolute Gasteiger partial charge is 0.449 e. The van der Waals surface area contributed by atoms with E-state index in [1.54, 1.807) is 6.07 Å². The van der Waals surface area contributed by atoms with Crippen LogP contribution in [-0.4, -0.2) is 27.8 Å². The van der Waals surface area contributed by atoms with Crippen molar-refractivity contribution < 1.29 is 19.7 Å². The highest BCUT2D eigenvalue weighted by molar-refractivity contribution is 7.13. The molecule has 4 nitrogen and oxygen atoms in total. The van der Waals surface area contributed by atoms with Crippen molar-refractivity contribution in [3.63, 3.8) is 0 Å². The molecule has 6 heteroatoms. The first kappa shape index (κ1) is 20.5. The normalized spacial score (nSPS) is 26.0. The Hall–Kier alpha value is -0.780. The predicted molar refractivity (Wildman–Crippen MR) is 102 cm³/mol. The first-order chi connectivity index (χ1) is 12.0. The number of carboxylic acid groups (broad SMARTS) is 1. The van der Waals surface area contributed by atoms with Crippen molar-refractivity contribution in [3.8, 4) is 5.06 Å². The maximum absolute atomic E-state index is 10.5.